The van der Waals surface area contributed by atoms with E-state index in [1.807, 2.05) is 24.3 Å². The summed E-state index contributed by atoms with van der Waals surface area (Å²) in [5, 5.41) is 19.1. The molecule has 3 aromatic carbocycles. The van der Waals surface area contributed by atoms with Crippen LogP contribution in [0.25, 0.3) is 6.08 Å². The standard InChI is InChI=1S/C25H23ClN2O5S/c1-28(24(30)11-6-16-12-22(26)25(31)23(29)13-16)20-7-9-21(10-8-20)34(32,33)27-19-14-17-4-2-3-5-18(17)15-19/h2-13,19,27,29,31H,14-15H2,1H3. The number of hydrogen-bond donors (Lipinski definition) is 3. The molecule has 0 heterocycles. The van der Waals surface area contributed by atoms with Gasteiger partial charge in [0.2, 0.25) is 10.0 Å². The number of carbonyl (C=O) groups is 1. The Balaban J connectivity index is 1.42. The number of anilines is 1. The molecule has 3 aromatic rings. The van der Waals surface area contributed by atoms with Crippen molar-refractivity contribution >= 4 is 39.3 Å². The second-order valence-corrected chi connectivity index (χ2v) is 10.2. The van der Waals surface area contributed by atoms with E-state index in [0.29, 0.717) is 24.1 Å². The Kier molecular flexibility index (Phi) is 6.65. The van der Waals surface area contributed by atoms with Gasteiger partial charge in [-0.3, -0.25) is 4.79 Å². The van der Waals surface area contributed by atoms with E-state index in [0.717, 1.165) is 11.1 Å². The molecule has 1 aliphatic carbocycles. The van der Waals surface area contributed by atoms with Crippen molar-refractivity contribution in [1.29, 1.82) is 0 Å². The fourth-order valence-corrected chi connectivity index (χ4v) is 5.35. The lowest BCUT2D eigenvalue weighted by Gasteiger charge is -2.17. The van der Waals surface area contributed by atoms with Gasteiger partial charge < -0.3 is 15.1 Å². The number of amides is 1. The molecule has 176 valence electrons. The molecule has 0 saturated carbocycles. The molecule has 0 unspecified atom stereocenters. The molecule has 3 N–H and O–H groups in total. The molecule has 0 bridgehead atoms. The van der Waals surface area contributed by atoms with Gasteiger partial charge in [0.15, 0.2) is 11.5 Å². The predicted octanol–water partition coefficient (Wildman–Crippen LogP) is 3.87. The maximum atomic E-state index is 12.8. The SMILES string of the molecule is CN(C(=O)C=Cc1cc(O)c(O)c(Cl)c1)c1ccc(S(=O)(=O)NC2Cc3ccccc3C2)cc1. The van der Waals surface area contributed by atoms with Crippen LogP contribution in [0.3, 0.4) is 0 Å². The van der Waals surface area contributed by atoms with Crippen LogP contribution in [0.1, 0.15) is 16.7 Å². The Morgan fingerprint density at radius 2 is 1.68 bits per heavy atom. The van der Waals surface area contributed by atoms with E-state index in [1.165, 1.54) is 41.3 Å². The zero-order valence-corrected chi connectivity index (χ0v) is 19.8. The van der Waals surface area contributed by atoms with Crippen LogP contribution < -0.4 is 9.62 Å². The van der Waals surface area contributed by atoms with Crippen molar-refractivity contribution in [3.8, 4) is 11.5 Å². The summed E-state index contributed by atoms with van der Waals surface area (Å²) in [6.07, 6.45) is 4.04. The molecule has 0 saturated heterocycles. The summed E-state index contributed by atoms with van der Waals surface area (Å²) in [7, 11) is -2.15. The summed E-state index contributed by atoms with van der Waals surface area (Å²) >= 11 is 5.83. The highest BCUT2D eigenvalue weighted by Crippen LogP contribution is 2.34. The van der Waals surface area contributed by atoms with Gasteiger partial charge in [0.05, 0.1) is 9.92 Å². The fourth-order valence-electron chi connectivity index (χ4n) is 3.89. The molecular formula is C25H23ClN2O5S. The van der Waals surface area contributed by atoms with Crippen molar-refractivity contribution in [3.05, 3.63) is 88.5 Å². The zero-order valence-electron chi connectivity index (χ0n) is 18.3. The number of halogens is 1. The molecule has 34 heavy (non-hydrogen) atoms. The van der Waals surface area contributed by atoms with Crippen LogP contribution >= 0.6 is 11.6 Å². The van der Waals surface area contributed by atoms with Crippen molar-refractivity contribution in [3.63, 3.8) is 0 Å². The predicted molar refractivity (Wildman–Crippen MR) is 132 cm³/mol. The van der Waals surface area contributed by atoms with Crippen molar-refractivity contribution in [2.45, 2.75) is 23.8 Å². The average molecular weight is 499 g/mol. The average Bonchev–Trinajstić information content (AvgIpc) is 3.22. The largest absolute Gasteiger partial charge is 0.504 e. The van der Waals surface area contributed by atoms with E-state index >= 15 is 0 Å². The highest BCUT2D eigenvalue weighted by Gasteiger charge is 2.26. The highest BCUT2D eigenvalue weighted by molar-refractivity contribution is 7.89. The lowest BCUT2D eigenvalue weighted by molar-refractivity contribution is -0.113. The molecule has 0 spiro atoms. The van der Waals surface area contributed by atoms with Crippen molar-refractivity contribution in [2.24, 2.45) is 0 Å². The fraction of sp³-hybridized carbons (Fsp3) is 0.160. The van der Waals surface area contributed by atoms with E-state index < -0.39 is 15.8 Å². The Morgan fingerprint density at radius 1 is 1.06 bits per heavy atom. The number of sulfonamides is 1. The summed E-state index contributed by atoms with van der Waals surface area (Å²) in [4.78, 5) is 14.0. The minimum Gasteiger partial charge on any atom is -0.504 e. The van der Waals surface area contributed by atoms with Gasteiger partial charge in [-0.05, 0) is 72.0 Å². The van der Waals surface area contributed by atoms with Crippen LogP contribution in [0.15, 0.2) is 71.6 Å². The third-order valence-corrected chi connectivity index (χ3v) is 7.55. The molecule has 1 aliphatic rings. The van der Waals surface area contributed by atoms with Crippen molar-refractivity contribution in [1.82, 2.24) is 4.72 Å². The van der Waals surface area contributed by atoms with Crippen LogP contribution in [-0.4, -0.2) is 37.6 Å². The van der Waals surface area contributed by atoms with Gasteiger partial charge in [0, 0.05) is 24.9 Å². The van der Waals surface area contributed by atoms with E-state index in [4.69, 9.17) is 11.6 Å². The monoisotopic (exact) mass is 498 g/mol. The minimum absolute atomic E-state index is 0.0349. The maximum Gasteiger partial charge on any atom is 0.250 e. The Hall–Kier alpha value is -3.33. The van der Waals surface area contributed by atoms with Gasteiger partial charge in [-0.15, -0.1) is 0 Å². The molecule has 0 aliphatic heterocycles. The van der Waals surface area contributed by atoms with Crippen LogP contribution in [0.2, 0.25) is 5.02 Å². The number of nitrogens with zero attached hydrogens (tertiary/aromatic N) is 1. The van der Waals surface area contributed by atoms with Gasteiger partial charge in [0.1, 0.15) is 0 Å². The number of fused-ring (bicyclic) bond motifs is 1. The lowest BCUT2D eigenvalue weighted by Crippen LogP contribution is -2.35. The van der Waals surface area contributed by atoms with Crippen molar-refractivity contribution < 1.29 is 23.4 Å². The van der Waals surface area contributed by atoms with Gasteiger partial charge in [-0.25, -0.2) is 13.1 Å². The summed E-state index contributed by atoms with van der Waals surface area (Å²) in [6, 6.07) is 16.5. The number of carbonyl (C=O) groups excluding carboxylic acids is 1. The smallest absolute Gasteiger partial charge is 0.250 e. The van der Waals surface area contributed by atoms with E-state index in [1.54, 1.807) is 19.2 Å². The van der Waals surface area contributed by atoms with Crippen LogP contribution in [0, 0.1) is 0 Å². The number of benzene rings is 3. The second-order valence-electron chi connectivity index (χ2n) is 8.09. The minimum atomic E-state index is -3.71. The number of likely N-dealkylation sites (N-methyl/N-ethyl adjacent to an activating group) is 1. The first kappa shape index (κ1) is 23.8. The first-order valence-corrected chi connectivity index (χ1v) is 12.4. The first-order chi connectivity index (χ1) is 16.1. The van der Waals surface area contributed by atoms with Gasteiger partial charge in [0.25, 0.3) is 5.91 Å². The normalized spacial score (nSPS) is 13.8. The lowest BCUT2D eigenvalue weighted by atomic mass is 10.1. The molecule has 1 amide bonds. The van der Waals surface area contributed by atoms with Crippen LogP contribution in [0.4, 0.5) is 5.69 Å². The highest BCUT2D eigenvalue weighted by atomic mass is 35.5. The second kappa shape index (κ2) is 9.50. The number of aromatic hydroxyl groups is 2. The third kappa shape index (κ3) is 5.09. The molecule has 0 radical (unpaired) electrons. The molecule has 7 nitrogen and oxygen atoms in total. The van der Waals surface area contributed by atoms with Gasteiger partial charge >= 0.3 is 0 Å². The number of hydrogen-bond acceptors (Lipinski definition) is 5. The number of nitrogens with one attached hydrogen (secondary N) is 1. The molecule has 9 heteroatoms. The van der Waals surface area contributed by atoms with Crippen molar-refractivity contribution in [2.75, 3.05) is 11.9 Å². The number of rotatable bonds is 6. The van der Waals surface area contributed by atoms with Gasteiger partial charge in [-0.2, -0.15) is 0 Å². The summed E-state index contributed by atoms with van der Waals surface area (Å²) in [5.41, 5.74) is 3.25. The third-order valence-electron chi connectivity index (χ3n) is 5.72. The first-order valence-electron chi connectivity index (χ1n) is 10.5. The maximum absolute atomic E-state index is 12.8. The summed E-state index contributed by atoms with van der Waals surface area (Å²) in [6.45, 7) is 0. The number of phenolic OH excluding ortho intramolecular Hbond substituents is 2. The topological polar surface area (TPSA) is 107 Å². The summed E-state index contributed by atoms with van der Waals surface area (Å²) < 4.78 is 28.5. The number of phenols is 2. The summed E-state index contributed by atoms with van der Waals surface area (Å²) in [5.74, 6) is -1.19. The molecule has 0 fully saturated rings. The molecular weight excluding hydrogens is 476 g/mol. The van der Waals surface area contributed by atoms with Crippen LogP contribution in [0.5, 0.6) is 11.5 Å². The van der Waals surface area contributed by atoms with Crippen LogP contribution in [-0.2, 0) is 27.7 Å². The Morgan fingerprint density at radius 3 is 2.26 bits per heavy atom. The molecule has 0 aromatic heterocycles. The quantitative estimate of drug-likeness (QED) is 0.353. The Bertz CT molecular complexity index is 1320. The van der Waals surface area contributed by atoms with E-state index in [2.05, 4.69) is 4.72 Å². The zero-order chi connectivity index (χ0) is 24.5. The molecule has 4 rings (SSSR count). The van der Waals surface area contributed by atoms with E-state index in [-0.39, 0.29) is 27.6 Å². The molecule has 0 atom stereocenters. The van der Waals surface area contributed by atoms with Gasteiger partial charge in [-0.1, -0.05) is 35.9 Å². The van der Waals surface area contributed by atoms with E-state index in [9.17, 15) is 23.4 Å². The Labute approximate surface area is 203 Å².